The quantitative estimate of drug-likeness (QED) is 0.828. The number of rotatable bonds is 5. The molecule has 5 nitrogen and oxygen atoms in total. The second-order valence-corrected chi connectivity index (χ2v) is 7.49. The van der Waals surface area contributed by atoms with E-state index in [-0.39, 0.29) is 5.91 Å². The van der Waals surface area contributed by atoms with Crippen LogP contribution in [0.1, 0.15) is 50.5 Å². The Labute approximate surface area is 149 Å². The second-order valence-electron chi connectivity index (χ2n) is 7.49. The molecule has 2 N–H and O–H groups in total. The van der Waals surface area contributed by atoms with Crippen LogP contribution in [0.25, 0.3) is 0 Å². The molecule has 2 fully saturated rings. The number of carbonyl (C=O) groups excluding carboxylic acids is 2. The lowest BCUT2D eigenvalue weighted by Crippen LogP contribution is -3.11. The maximum Gasteiger partial charge on any atom is 0.228 e. The van der Waals surface area contributed by atoms with Gasteiger partial charge >= 0.3 is 0 Å². The number of anilines is 1. The van der Waals surface area contributed by atoms with Crippen LogP contribution in [-0.2, 0) is 16.1 Å². The third-order valence-corrected chi connectivity index (χ3v) is 5.64. The molecule has 1 aromatic rings. The highest BCUT2D eigenvalue weighted by Crippen LogP contribution is 2.30. The molecule has 1 aliphatic carbocycles. The molecular formula is C20H28N2O3. The van der Waals surface area contributed by atoms with Gasteiger partial charge in [0.25, 0.3) is 0 Å². The average molecular weight is 344 g/mol. The lowest BCUT2D eigenvalue weighted by Gasteiger charge is -2.31. The molecule has 0 unspecified atom stereocenters. The van der Waals surface area contributed by atoms with Gasteiger partial charge in [0, 0.05) is 29.1 Å². The minimum atomic E-state index is -1.10. The lowest BCUT2D eigenvalue weighted by atomic mass is 9.78. The number of piperidine rings is 1. The summed E-state index contributed by atoms with van der Waals surface area (Å²) >= 11 is 0. The molecule has 1 saturated carbocycles. The largest absolute Gasteiger partial charge is 0.550 e. The van der Waals surface area contributed by atoms with Crippen molar-refractivity contribution in [1.29, 1.82) is 0 Å². The summed E-state index contributed by atoms with van der Waals surface area (Å²) in [6, 6.07) is 7.98. The van der Waals surface area contributed by atoms with E-state index in [9.17, 15) is 14.7 Å². The number of benzene rings is 1. The standard InChI is InChI=1S/C20H28N2O3/c23-19(17-6-2-3-7-18(17)20(24)25)21-16-10-8-15(9-11-16)14-22-12-4-1-5-13-22/h8-11,17-18H,1-7,12-14H2,(H,21,23)(H,24,25)/t17-,18+/m1/s1. The Bertz CT molecular complexity index is 593. The first-order valence-corrected chi connectivity index (χ1v) is 9.58. The van der Waals surface area contributed by atoms with Crippen LogP contribution < -0.4 is 15.3 Å². The Hall–Kier alpha value is -1.88. The van der Waals surface area contributed by atoms with Gasteiger partial charge in [0.2, 0.25) is 5.91 Å². The van der Waals surface area contributed by atoms with Gasteiger partial charge in [-0.15, -0.1) is 0 Å². The van der Waals surface area contributed by atoms with Crippen molar-refractivity contribution in [2.45, 2.75) is 51.5 Å². The normalized spacial score (nSPS) is 24.6. The average Bonchev–Trinajstić information content (AvgIpc) is 2.64. The fourth-order valence-corrected chi connectivity index (χ4v) is 4.18. The topological polar surface area (TPSA) is 73.7 Å². The highest BCUT2D eigenvalue weighted by Gasteiger charge is 2.31. The van der Waals surface area contributed by atoms with Crippen LogP contribution in [0.2, 0.25) is 0 Å². The molecule has 5 heteroatoms. The first kappa shape index (κ1) is 17.9. The molecule has 1 amide bonds. The number of hydrogen-bond donors (Lipinski definition) is 2. The van der Waals surface area contributed by atoms with Gasteiger partial charge in [-0.25, -0.2) is 0 Å². The molecule has 2 aliphatic rings. The monoisotopic (exact) mass is 344 g/mol. The molecule has 136 valence electrons. The summed E-state index contributed by atoms with van der Waals surface area (Å²) < 4.78 is 0. The summed E-state index contributed by atoms with van der Waals surface area (Å²) in [4.78, 5) is 25.4. The van der Waals surface area contributed by atoms with Crippen LogP contribution in [0.5, 0.6) is 0 Å². The molecule has 1 aromatic carbocycles. The minimum Gasteiger partial charge on any atom is -0.550 e. The van der Waals surface area contributed by atoms with E-state index in [4.69, 9.17) is 0 Å². The Morgan fingerprint density at radius 1 is 0.960 bits per heavy atom. The molecule has 1 heterocycles. The molecule has 1 saturated heterocycles. The van der Waals surface area contributed by atoms with Gasteiger partial charge in [-0.1, -0.05) is 25.0 Å². The number of carbonyl (C=O) groups is 2. The van der Waals surface area contributed by atoms with Crippen LogP contribution in [0, 0.1) is 11.8 Å². The molecule has 25 heavy (non-hydrogen) atoms. The van der Waals surface area contributed by atoms with Gasteiger partial charge in [0.15, 0.2) is 0 Å². The van der Waals surface area contributed by atoms with E-state index in [1.807, 2.05) is 12.1 Å². The number of quaternary nitrogens is 1. The summed E-state index contributed by atoms with van der Waals surface area (Å²) in [6.07, 6.45) is 6.89. The molecular weight excluding hydrogens is 316 g/mol. The fraction of sp³-hybridized carbons (Fsp3) is 0.600. The van der Waals surface area contributed by atoms with Crippen LogP contribution in [-0.4, -0.2) is 25.0 Å². The van der Waals surface area contributed by atoms with Gasteiger partial charge in [0.1, 0.15) is 6.54 Å². The van der Waals surface area contributed by atoms with Gasteiger partial charge in [-0.05, 0) is 44.2 Å². The number of nitrogens with one attached hydrogen (secondary N) is 2. The Balaban J connectivity index is 1.56. The van der Waals surface area contributed by atoms with E-state index in [1.54, 1.807) is 4.90 Å². The van der Waals surface area contributed by atoms with Crippen molar-refractivity contribution in [2.24, 2.45) is 11.8 Å². The van der Waals surface area contributed by atoms with E-state index < -0.39 is 17.8 Å². The highest BCUT2D eigenvalue weighted by atomic mass is 16.4. The maximum absolute atomic E-state index is 12.5. The molecule has 3 rings (SSSR count). The van der Waals surface area contributed by atoms with Gasteiger partial charge in [-0.2, -0.15) is 0 Å². The zero-order valence-electron chi connectivity index (χ0n) is 14.8. The maximum atomic E-state index is 12.5. The van der Waals surface area contributed by atoms with Crippen LogP contribution in [0.15, 0.2) is 24.3 Å². The number of carboxylic acid groups (broad SMARTS) is 1. The number of likely N-dealkylation sites (tertiary alicyclic amines) is 1. The van der Waals surface area contributed by atoms with Gasteiger partial charge < -0.3 is 20.1 Å². The summed E-state index contributed by atoms with van der Waals surface area (Å²) in [6.45, 7) is 3.51. The van der Waals surface area contributed by atoms with Gasteiger partial charge in [0.05, 0.1) is 13.1 Å². The van der Waals surface area contributed by atoms with E-state index in [0.717, 1.165) is 25.1 Å². The number of hydrogen-bond acceptors (Lipinski definition) is 3. The van der Waals surface area contributed by atoms with Crippen molar-refractivity contribution < 1.29 is 19.6 Å². The molecule has 1 aliphatic heterocycles. The van der Waals surface area contributed by atoms with Crippen molar-refractivity contribution in [3.05, 3.63) is 29.8 Å². The van der Waals surface area contributed by atoms with E-state index in [2.05, 4.69) is 17.4 Å². The smallest absolute Gasteiger partial charge is 0.228 e. The van der Waals surface area contributed by atoms with Crippen molar-refractivity contribution in [1.82, 2.24) is 0 Å². The Morgan fingerprint density at radius 2 is 1.60 bits per heavy atom. The van der Waals surface area contributed by atoms with E-state index in [0.29, 0.717) is 12.8 Å². The summed E-state index contributed by atoms with van der Waals surface area (Å²) in [5.41, 5.74) is 2.02. The van der Waals surface area contributed by atoms with Crippen LogP contribution in [0.4, 0.5) is 5.69 Å². The van der Waals surface area contributed by atoms with E-state index in [1.165, 1.54) is 37.9 Å². The fourth-order valence-electron chi connectivity index (χ4n) is 4.18. The van der Waals surface area contributed by atoms with Crippen molar-refractivity contribution in [3.63, 3.8) is 0 Å². The summed E-state index contributed by atoms with van der Waals surface area (Å²) in [5, 5.41) is 14.2. The van der Waals surface area contributed by atoms with Gasteiger partial charge in [-0.3, -0.25) is 4.79 Å². The molecule has 0 spiro atoms. The number of amides is 1. The first-order chi connectivity index (χ1) is 12.1. The molecule has 0 bridgehead atoms. The predicted octanol–water partition coefficient (Wildman–Crippen LogP) is 0.750. The zero-order valence-corrected chi connectivity index (χ0v) is 14.8. The lowest BCUT2D eigenvalue weighted by molar-refractivity contribution is -0.918. The summed E-state index contributed by atoms with van der Waals surface area (Å²) in [5.74, 6) is -2.42. The third kappa shape index (κ3) is 4.82. The number of carboxylic acids is 1. The van der Waals surface area contributed by atoms with Crippen molar-refractivity contribution in [2.75, 3.05) is 18.4 Å². The molecule has 0 radical (unpaired) electrons. The highest BCUT2D eigenvalue weighted by molar-refractivity contribution is 5.95. The van der Waals surface area contributed by atoms with Crippen molar-refractivity contribution >= 4 is 17.6 Å². The Morgan fingerprint density at radius 3 is 2.24 bits per heavy atom. The molecule has 0 aromatic heterocycles. The summed E-state index contributed by atoms with van der Waals surface area (Å²) in [7, 11) is 0. The SMILES string of the molecule is O=C([O-])[C@H]1CCCC[C@H]1C(=O)Nc1ccc(C[NH+]2CCCCC2)cc1. The van der Waals surface area contributed by atoms with Crippen LogP contribution in [0.3, 0.4) is 0 Å². The van der Waals surface area contributed by atoms with E-state index >= 15 is 0 Å². The number of aliphatic carboxylic acids is 1. The first-order valence-electron chi connectivity index (χ1n) is 9.58. The Kier molecular flexibility index (Phi) is 6.08. The zero-order chi connectivity index (χ0) is 17.6. The van der Waals surface area contributed by atoms with Crippen molar-refractivity contribution in [3.8, 4) is 0 Å². The minimum absolute atomic E-state index is 0.191. The van der Waals surface area contributed by atoms with Crippen LogP contribution >= 0.6 is 0 Å². The predicted molar refractivity (Wildman–Crippen MR) is 93.8 cm³/mol. The third-order valence-electron chi connectivity index (χ3n) is 5.64. The second kappa shape index (κ2) is 8.48. The molecule has 2 atom stereocenters.